The molecule has 0 bridgehead atoms. The smallest absolute Gasteiger partial charge is 0.242 e. The van der Waals surface area contributed by atoms with Crippen LogP contribution in [0.25, 0.3) is 0 Å². The molecule has 1 aromatic rings. The molecule has 1 aliphatic carbocycles. The van der Waals surface area contributed by atoms with E-state index in [9.17, 15) is 9.59 Å². The van der Waals surface area contributed by atoms with Crippen LogP contribution in [0, 0.1) is 29.6 Å². The number of carbonyl (C=O) groups is 2. The fourth-order valence-corrected chi connectivity index (χ4v) is 6.47. The summed E-state index contributed by atoms with van der Waals surface area (Å²) in [5.41, 5.74) is 4.32. The highest BCUT2D eigenvalue weighted by molar-refractivity contribution is 5.82. The van der Waals surface area contributed by atoms with Gasteiger partial charge >= 0.3 is 0 Å². The number of ether oxygens (including phenoxy) is 1. The molecule has 1 aliphatic heterocycles. The largest absolute Gasteiger partial charge is 0.497 e. The molecule has 3 unspecified atom stereocenters. The molecule has 2 aliphatic rings. The van der Waals surface area contributed by atoms with Gasteiger partial charge in [0, 0.05) is 31.0 Å². The van der Waals surface area contributed by atoms with Gasteiger partial charge in [0.25, 0.3) is 0 Å². The summed E-state index contributed by atoms with van der Waals surface area (Å²) in [5.74, 6) is 2.32. The number of ketones is 1. The lowest BCUT2D eigenvalue weighted by atomic mass is 9.77. The van der Waals surface area contributed by atoms with Crippen LogP contribution in [0.15, 0.2) is 84.6 Å². The number of nitrogens with one attached hydrogen (secondary N) is 2. The van der Waals surface area contributed by atoms with Crippen LogP contribution in [-0.2, 0) is 16.0 Å². The van der Waals surface area contributed by atoms with Crippen LogP contribution < -0.4 is 15.4 Å². The minimum atomic E-state index is -0.431. The number of allylic oxidation sites excluding steroid dienone is 7. The second kappa shape index (κ2) is 18.6. The molecule has 1 heterocycles. The van der Waals surface area contributed by atoms with E-state index in [0.717, 1.165) is 67.5 Å². The number of methoxy groups -OCH3 is 1. The number of hydrogen-bond acceptors (Lipinski definition) is 4. The van der Waals surface area contributed by atoms with Crippen LogP contribution >= 0.6 is 0 Å². The van der Waals surface area contributed by atoms with Crippen LogP contribution in [-0.4, -0.2) is 31.4 Å². The van der Waals surface area contributed by atoms with Crippen molar-refractivity contribution >= 4 is 11.7 Å². The van der Waals surface area contributed by atoms with Crippen molar-refractivity contribution in [3.8, 4) is 5.75 Å². The molecule has 5 nitrogen and oxygen atoms in total. The standard InChI is InChI=1S/C40H58N2O3/c1-28(2)23-36-24-30(4)31(5)27-41-40(44)38(25-34-19-21-37(45-7)22-20-34)42-32(6)13-12-16-35(26-39(36)43)29(3)17-18-33-14-10-8-9-11-15-33/h8,10-11,14-15,19-22,28-29,31,35-36,38,42H,4,6,9,12-13,16-18,23-27H2,1-3,5,7H3,(H,41,44)/t29?,31?,35-,36?,38-/m1/s1. The molecule has 0 radical (unpaired) electrons. The Morgan fingerprint density at radius 2 is 1.80 bits per heavy atom. The molecule has 0 saturated carbocycles. The quantitative estimate of drug-likeness (QED) is 0.273. The van der Waals surface area contributed by atoms with E-state index in [-0.39, 0.29) is 17.7 Å². The Balaban J connectivity index is 1.80. The summed E-state index contributed by atoms with van der Waals surface area (Å²) in [5, 5.41) is 6.62. The maximum absolute atomic E-state index is 14.0. The first-order valence-electron chi connectivity index (χ1n) is 17.1. The summed E-state index contributed by atoms with van der Waals surface area (Å²) >= 11 is 0. The molecule has 5 atom stereocenters. The molecule has 3 rings (SSSR count). The zero-order valence-corrected chi connectivity index (χ0v) is 28.6. The Bertz CT molecular complexity index is 1220. The molecule has 0 spiro atoms. The maximum atomic E-state index is 14.0. The molecule has 1 saturated heterocycles. The topological polar surface area (TPSA) is 67.4 Å². The molecule has 2 N–H and O–H groups in total. The predicted molar refractivity (Wildman–Crippen MR) is 188 cm³/mol. The first-order valence-corrected chi connectivity index (χ1v) is 17.1. The van der Waals surface area contributed by atoms with Crippen LogP contribution in [0.5, 0.6) is 5.75 Å². The van der Waals surface area contributed by atoms with Gasteiger partial charge in [0.1, 0.15) is 17.6 Å². The minimum absolute atomic E-state index is 0.0321. The summed E-state index contributed by atoms with van der Waals surface area (Å²) in [6.45, 7) is 18.0. The minimum Gasteiger partial charge on any atom is -0.497 e. The number of hydrogen-bond donors (Lipinski definition) is 2. The van der Waals surface area contributed by atoms with Gasteiger partial charge in [0.05, 0.1) is 7.11 Å². The van der Waals surface area contributed by atoms with Crippen molar-refractivity contribution in [1.82, 2.24) is 10.6 Å². The molecule has 0 aromatic heterocycles. The van der Waals surface area contributed by atoms with Gasteiger partial charge in [-0.1, -0.05) is 88.9 Å². The molecule has 45 heavy (non-hydrogen) atoms. The molecule has 246 valence electrons. The molecule has 1 amide bonds. The molecule has 5 heteroatoms. The summed E-state index contributed by atoms with van der Waals surface area (Å²) in [6.07, 6.45) is 19.5. The SMILES string of the molecule is C=C1CCC[C@@H](C(C)CCC2=CC=CCC=C2)CC(=O)C(CC(C)C)CC(=C)C(C)CNC(=O)[C@@H](Cc2ccc(OC)cc2)N1. The monoisotopic (exact) mass is 614 g/mol. The summed E-state index contributed by atoms with van der Waals surface area (Å²) in [6, 6.07) is 7.45. The fourth-order valence-electron chi connectivity index (χ4n) is 6.47. The number of benzene rings is 1. The van der Waals surface area contributed by atoms with Crippen LogP contribution in [0.3, 0.4) is 0 Å². The summed E-state index contributed by atoms with van der Waals surface area (Å²) in [4.78, 5) is 27.5. The summed E-state index contributed by atoms with van der Waals surface area (Å²) in [7, 11) is 1.65. The van der Waals surface area contributed by atoms with Crippen molar-refractivity contribution in [2.24, 2.45) is 29.6 Å². The predicted octanol–water partition coefficient (Wildman–Crippen LogP) is 8.69. The van der Waals surface area contributed by atoms with E-state index in [1.807, 2.05) is 24.3 Å². The number of carbonyl (C=O) groups excluding carboxylic acids is 2. The average Bonchev–Trinajstić information content (AvgIpc) is 3.29. The van der Waals surface area contributed by atoms with Gasteiger partial charge in [0.2, 0.25) is 5.91 Å². The van der Waals surface area contributed by atoms with Crippen molar-refractivity contribution < 1.29 is 14.3 Å². The van der Waals surface area contributed by atoms with Gasteiger partial charge in [-0.05, 0) is 98.3 Å². The third-order valence-corrected chi connectivity index (χ3v) is 9.55. The van der Waals surface area contributed by atoms with Gasteiger partial charge in [0.15, 0.2) is 0 Å². The van der Waals surface area contributed by atoms with Gasteiger partial charge in [-0.3, -0.25) is 9.59 Å². The number of amides is 1. The lowest BCUT2D eigenvalue weighted by Gasteiger charge is -2.29. The van der Waals surface area contributed by atoms with Crippen molar-refractivity contribution in [3.63, 3.8) is 0 Å². The van der Waals surface area contributed by atoms with E-state index in [0.29, 0.717) is 49.3 Å². The van der Waals surface area contributed by atoms with E-state index < -0.39 is 6.04 Å². The summed E-state index contributed by atoms with van der Waals surface area (Å²) < 4.78 is 5.32. The van der Waals surface area contributed by atoms with Crippen LogP contribution in [0.4, 0.5) is 0 Å². The Kier molecular flexibility index (Phi) is 14.9. The second-order valence-corrected chi connectivity index (χ2v) is 13.8. The molecule has 1 fully saturated rings. The lowest BCUT2D eigenvalue weighted by Crippen LogP contribution is -2.46. The third kappa shape index (κ3) is 12.5. The van der Waals surface area contributed by atoms with E-state index in [1.165, 1.54) is 5.57 Å². The lowest BCUT2D eigenvalue weighted by molar-refractivity contribution is -0.125. The number of rotatable bonds is 9. The first-order chi connectivity index (χ1) is 21.5. The maximum Gasteiger partial charge on any atom is 0.242 e. The third-order valence-electron chi connectivity index (χ3n) is 9.55. The Labute approximate surface area is 273 Å². The average molecular weight is 615 g/mol. The van der Waals surface area contributed by atoms with E-state index in [1.54, 1.807) is 7.11 Å². The van der Waals surface area contributed by atoms with Crippen molar-refractivity contribution in [2.45, 2.75) is 97.9 Å². The van der Waals surface area contributed by atoms with Crippen LogP contribution in [0.1, 0.15) is 91.0 Å². The zero-order valence-electron chi connectivity index (χ0n) is 28.6. The van der Waals surface area contributed by atoms with E-state index in [2.05, 4.69) is 81.9 Å². The Morgan fingerprint density at radius 1 is 1.04 bits per heavy atom. The normalized spacial score (nSPS) is 24.9. The Morgan fingerprint density at radius 3 is 2.51 bits per heavy atom. The van der Waals surface area contributed by atoms with Gasteiger partial charge < -0.3 is 15.4 Å². The van der Waals surface area contributed by atoms with Gasteiger partial charge in [-0.25, -0.2) is 0 Å². The molecular weight excluding hydrogens is 556 g/mol. The molecular formula is C40H58N2O3. The molecule has 1 aromatic carbocycles. The second-order valence-electron chi connectivity index (χ2n) is 13.8. The Hall–Kier alpha value is -3.34. The van der Waals surface area contributed by atoms with Gasteiger partial charge in [-0.2, -0.15) is 0 Å². The zero-order chi connectivity index (χ0) is 32.8. The van der Waals surface area contributed by atoms with Crippen molar-refractivity contribution in [2.75, 3.05) is 13.7 Å². The van der Waals surface area contributed by atoms with E-state index in [4.69, 9.17) is 4.74 Å². The first kappa shape index (κ1) is 36.1. The van der Waals surface area contributed by atoms with Crippen LogP contribution in [0.2, 0.25) is 0 Å². The highest BCUT2D eigenvalue weighted by Gasteiger charge is 2.28. The fraction of sp³-hybridized carbons (Fsp3) is 0.550. The highest BCUT2D eigenvalue weighted by atomic mass is 16.5. The number of Topliss-reactive ketones (excluding diaryl/α,β-unsaturated/α-hetero) is 1. The van der Waals surface area contributed by atoms with Crippen molar-refractivity contribution in [1.29, 1.82) is 0 Å². The highest BCUT2D eigenvalue weighted by Crippen LogP contribution is 2.33. The van der Waals surface area contributed by atoms with E-state index >= 15 is 0 Å². The van der Waals surface area contributed by atoms with Gasteiger partial charge in [-0.15, -0.1) is 0 Å². The van der Waals surface area contributed by atoms with Crippen molar-refractivity contribution in [3.05, 3.63) is 90.2 Å².